The predicted molar refractivity (Wildman–Crippen MR) is 94.9 cm³/mol. The summed E-state index contributed by atoms with van der Waals surface area (Å²) in [4.78, 5) is 12.5. The predicted octanol–water partition coefficient (Wildman–Crippen LogP) is 4.05. The average molecular weight is 334 g/mol. The maximum atomic E-state index is 11.9. The summed E-state index contributed by atoms with van der Waals surface area (Å²) in [5.74, 6) is 0.625. The van der Waals surface area contributed by atoms with Crippen LogP contribution in [0.4, 0.5) is 5.69 Å². The Bertz CT molecular complexity index is 610. The lowest BCUT2D eigenvalue weighted by Crippen LogP contribution is -2.33. The molecule has 1 aromatic heterocycles. The fraction of sp³-hybridized carbons (Fsp3) is 0.250. The van der Waals surface area contributed by atoms with Gasteiger partial charge in [0.1, 0.15) is 5.75 Å². The van der Waals surface area contributed by atoms with Gasteiger partial charge in [-0.1, -0.05) is 19.4 Å². The van der Waals surface area contributed by atoms with Crippen molar-refractivity contribution in [1.82, 2.24) is 5.32 Å². The first-order valence-electron chi connectivity index (χ1n) is 7.07. The number of anilines is 1. The van der Waals surface area contributed by atoms with E-state index in [-0.39, 0.29) is 11.0 Å². The van der Waals surface area contributed by atoms with E-state index in [1.54, 1.807) is 6.07 Å². The number of amides is 1. The number of thiophene rings is 1. The second kappa shape index (κ2) is 8.51. The number of rotatable bonds is 6. The second-order valence-electron chi connectivity index (χ2n) is 4.61. The Labute approximate surface area is 139 Å². The maximum Gasteiger partial charge on any atom is 0.267 e. The van der Waals surface area contributed by atoms with Crippen molar-refractivity contribution < 1.29 is 9.53 Å². The van der Waals surface area contributed by atoms with Gasteiger partial charge >= 0.3 is 0 Å². The summed E-state index contributed by atoms with van der Waals surface area (Å²) in [6.45, 7) is 2.85. The van der Waals surface area contributed by atoms with Crippen molar-refractivity contribution in [2.45, 2.75) is 19.8 Å². The number of nitrogens with one attached hydrogen (secondary N) is 2. The van der Waals surface area contributed by atoms with Gasteiger partial charge in [0.2, 0.25) is 0 Å². The lowest BCUT2D eigenvalue weighted by molar-refractivity contribution is 0.0981. The number of thiocarbonyl (C=S) groups is 1. The molecule has 2 rings (SSSR count). The summed E-state index contributed by atoms with van der Waals surface area (Å²) < 4.78 is 5.59. The molecule has 2 aromatic rings. The molecule has 4 nitrogen and oxygen atoms in total. The molecule has 0 aliphatic carbocycles. The zero-order chi connectivity index (χ0) is 15.8. The lowest BCUT2D eigenvalue weighted by atomic mass is 10.3. The summed E-state index contributed by atoms with van der Waals surface area (Å²) >= 11 is 6.51. The van der Waals surface area contributed by atoms with Gasteiger partial charge < -0.3 is 10.1 Å². The second-order valence-corrected chi connectivity index (χ2v) is 5.97. The molecule has 0 fully saturated rings. The Balaban J connectivity index is 1.82. The number of carbonyl (C=O) groups is 1. The van der Waals surface area contributed by atoms with Crippen molar-refractivity contribution >= 4 is 40.3 Å². The number of benzene rings is 1. The van der Waals surface area contributed by atoms with Crippen LogP contribution in [0.5, 0.6) is 5.75 Å². The Hall–Kier alpha value is -1.92. The molecule has 0 spiro atoms. The summed E-state index contributed by atoms with van der Waals surface area (Å²) in [6.07, 6.45) is 2.15. The first kappa shape index (κ1) is 16.5. The Morgan fingerprint density at radius 2 is 2.05 bits per heavy atom. The zero-order valence-electron chi connectivity index (χ0n) is 12.3. The first-order chi connectivity index (χ1) is 10.7. The molecule has 0 saturated carbocycles. The standard InChI is InChI=1S/C16H18N2O2S2/c1-2-3-10-20-13-8-6-12(7-9-13)17-16(21)18-15(19)14-5-4-11-22-14/h4-9,11H,2-3,10H2,1H3,(H2,17,18,19,21). The number of hydrogen-bond donors (Lipinski definition) is 2. The highest BCUT2D eigenvalue weighted by Crippen LogP contribution is 2.16. The average Bonchev–Trinajstić information content (AvgIpc) is 3.03. The summed E-state index contributed by atoms with van der Waals surface area (Å²) in [5.41, 5.74) is 0.805. The van der Waals surface area contributed by atoms with E-state index in [2.05, 4.69) is 17.6 Å². The van der Waals surface area contributed by atoms with Gasteiger partial charge in [-0.3, -0.25) is 10.1 Å². The van der Waals surface area contributed by atoms with Crippen LogP contribution >= 0.6 is 23.6 Å². The van der Waals surface area contributed by atoms with Gasteiger partial charge in [-0.05, 0) is 54.4 Å². The Kier molecular flexibility index (Phi) is 6.36. The van der Waals surface area contributed by atoms with Crippen LogP contribution in [-0.2, 0) is 0 Å². The highest BCUT2D eigenvalue weighted by molar-refractivity contribution is 7.80. The molecule has 0 unspecified atom stereocenters. The molecule has 0 aliphatic rings. The summed E-state index contributed by atoms with van der Waals surface area (Å²) in [6, 6.07) is 11.1. The van der Waals surface area contributed by atoms with E-state index >= 15 is 0 Å². The van der Waals surface area contributed by atoms with Crippen LogP contribution in [0.2, 0.25) is 0 Å². The number of ether oxygens (including phenoxy) is 1. The van der Waals surface area contributed by atoms with E-state index in [0.29, 0.717) is 4.88 Å². The van der Waals surface area contributed by atoms with Crippen LogP contribution in [0.1, 0.15) is 29.4 Å². The van der Waals surface area contributed by atoms with Gasteiger partial charge in [0, 0.05) is 5.69 Å². The minimum Gasteiger partial charge on any atom is -0.494 e. The van der Waals surface area contributed by atoms with Crippen LogP contribution in [0.25, 0.3) is 0 Å². The van der Waals surface area contributed by atoms with Crippen molar-refractivity contribution in [2.24, 2.45) is 0 Å². The Morgan fingerprint density at radius 1 is 1.27 bits per heavy atom. The van der Waals surface area contributed by atoms with E-state index in [9.17, 15) is 4.79 Å². The molecule has 6 heteroatoms. The molecule has 22 heavy (non-hydrogen) atoms. The Morgan fingerprint density at radius 3 is 2.68 bits per heavy atom. The van der Waals surface area contributed by atoms with Crippen molar-refractivity contribution in [3.8, 4) is 5.75 Å². The van der Waals surface area contributed by atoms with E-state index in [1.807, 2.05) is 35.7 Å². The van der Waals surface area contributed by atoms with Crippen LogP contribution < -0.4 is 15.4 Å². The molecule has 1 amide bonds. The molecule has 0 aliphatic heterocycles. The first-order valence-corrected chi connectivity index (χ1v) is 8.36. The van der Waals surface area contributed by atoms with Gasteiger partial charge in [-0.15, -0.1) is 11.3 Å². The number of unbranched alkanes of at least 4 members (excludes halogenated alkanes) is 1. The normalized spacial score (nSPS) is 10.0. The van der Waals surface area contributed by atoms with Crippen LogP contribution in [0, 0.1) is 0 Å². The van der Waals surface area contributed by atoms with Crippen LogP contribution in [0.3, 0.4) is 0 Å². The third-order valence-corrected chi connectivity index (χ3v) is 3.92. The number of carbonyl (C=O) groups excluding carboxylic acids is 1. The van der Waals surface area contributed by atoms with Crippen LogP contribution in [0.15, 0.2) is 41.8 Å². The van der Waals surface area contributed by atoms with Crippen LogP contribution in [-0.4, -0.2) is 17.6 Å². The molecule has 1 aromatic carbocycles. The van der Waals surface area contributed by atoms with Crippen molar-refractivity contribution in [1.29, 1.82) is 0 Å². The maximum absolute atomic E-state index is 11.9. The molecular weight excluding hydrogens is 316 g/mol. The quantitative estimate of drug-likeness (QED) is 0.618. The summed E-state index contributed by atoms with van der Waals surface area (Å²) in [5, 5.41) is 7.75. The van der Waals surface area contributed by atoms with E-state index in [0.717, 1.165) is 30.9 Å². The van der Waals surface area contributed by atoms with Gasteiger partial charge in [0.05, 0.1) is 11.5 Å². The smallest absolute Gasteiger partial charge is 0.267 e. The molecular formula is C16H18N2O2S2. The molecule has 0 atom stereocenters. The fourth-order valence-electron chi connectivity index (χ4n) is 1.70. The van der Waals surface area contributed by atoms with E-state index in [1.165, 1.54) is 11.3 Å². The molecule has 2 N–H and O–H groups in total. The van der Waals surface area contributed by atoms with Gasteiger partial charge in [-0.2, -0.15) is 0 Å². The van der Waals surface area contributed by atoms with E-state index < -0.39 is 0 Å². The van der Waals surface area contributed by atoms with Crippen molar-refractivity contribution in [3.63, 3.8) is 0 Å². The fourth-order valence-corrected chi connectivity index (χ4v) is 2.53. The molecule has 1 heterocycles. The SMILES string of the molecule is CCCCOc1ccc(NC(=S)NC(=O)c2cccs2)cc1. The minimum absolute atomic E-state index is 0.202. The highest BCUT2D eigenvalue weighted by atomic mass is 32.1. The van der Waals surface area contributed by atoms with Crippen molar-refractivity contribution in [2.75, 3.05) is 11.9 Å². The van der Waals surface area contributed by atoms with E-state index in [4.69, 9.17) is 17.0 Å². The topological polar surface area (TPSA) is 50.4 Å². The molecule has 0 bridgehead atoms. The molecule has 116 valence electrons. The minimum atomic E-state index is -0.202. The van der Waals surface area contributed by atoms with Gasteiger partial charge in [-0.25, -0.2) is 0 Å². The monoisotopic (exact) mass is 334 g/mol. The number of hydrogen-bond acceptors (Lipinski definition) is 4. The summed E-state index contributed by atoms with van der Waals surface area (Å²) in [7, 11) is 0. The third kappa shape index (κ3) is 5.13. The zero-order valence-corrected chi connectivity index (χ0v) is 13.9. The molecule has 0 radical (unpaired) electrons. The van der Waals surface area contributed by atoms with Crippen molar-refractivity contribution in [3.05, 3.63) is 46.7 Å². The van der Waals surface area contributed by atoms with Gasteiger partial charge in [0.25, 0.3) is 5.91 Å². The van der Waals surface area contributed by atoms with Gasteiger partial charge in [0.15, 0.2) is 5.11 Å². The lowest BCUT2D eigenvalue weighted by Gasteiger charge is -2.10. The molecule has 0 saturated heterocycles. The third-order valence-electron chi connectivity index (χ3n) is 2.85. The largest absolute Gasteiger partial charge is 0.494 e. The highest BCUT2D eigenvalue weighted by Gasteiger charge is 2.08.